The summed E-state index contributed by atoms with van der Waals surface area (Å²) in [5.74, 6) is -2.19. The Morgan fingerprint density at radius 2 is 0.481 bits per heavy atom. The highest BCUT2D eigenvalue weighted by molar-refractivity contribution is 7.47. The topological polar surface area (TPSA) is 237 Å². The smallest absolute Gasteiger partial charge is 0.462 e. The molecule has 0 rings (SSSR count). The Morgan fingerprint density at radius 3 is 0.741 bits per heavy atom. The highest BCUT2D eigenvalue weighted by atomic mass is 31.2. The molecule has 0 aromatic carbocycles. The first-order valence-electron chi connectivity index (χ1n) is 42.8. The summed E-state index contributed by atoms with van der Waals surface area (Å²) in [6, 6.07) is 0. The van der Waals surface area contributed by atoms with E-state index in [2.05, 4.69) is 149 Å². The van der Waals surface area contributed by atoms with Gasteiger partial charge in [0.15, 0.2) is 12.2 Å². The average molecular weight is 1560 g/mol. The number of esters is 4. The molecule has 108 heavy (non-hydrogen) atoms. The van der Waals surface area contributed by atoms with E-state index in [4.69, 9.17) is 37.0 Å². The number of carbonyl (C=O) groups excluding carboxylic acids is 4. The highest BCUT2D eigenvalue weighted by Gasteiger charge is 2.30. The minimum atomic E-state index is -4.99. The van der Waals surface area contributed by atoms with Gasteiger partial charge in [0.2, 0.25) is 0 Å². The fraction of sp³-hybridized carbons (Fsp3) is 0.730. The van der Waals surface area contributed by atoms with Crippen molar-refractivity contribution in [3.05, 3.63) is 122 Å². The third-order valence-electron chi connectivity index (χ3n) is 17.9. The molecule has 0 heterocycles. The summed E-state index contributed by atoms with van der Waals surface area (Å²) in [5, 5.41) is 10.7. The quantitative estimate of drug-likeness (QED) is 0.0169. The molecule has 0 aliphatic carbocycles. The molecule has 622 valence electrons. The van der Waals surface area contributed by atoms with Crippen molar-refractivity contribution in [2.24, 2.45) is 0 Å². The number of rotatable bonds is 80. The summed E-state index contributed by atoms with van der Waals surface area (Å²) in [6.45, 7) is 4.57. The number of ether oxygens (including phenoxy) is 4. The highest BCUT2D eigenvalue weighted by Crippen LogP contribution is 2.45. The van der Waals surface area contributed by atoms with Gasteiger partial charge in [-0.2, -0.15) is 0 Å². The van der Waals surface area contributed by atoms with Crippen LogP contribution in [0.2, 0.25) is 0 Å². The van der Waals surface area contributed by atoms with Crippen LogP contribution in [0.1, 0.15) is 362 Å². The van der Waals surface area contributed by atoms with Crippen LogP contribution in [-0.2, 0) is 65.4 Å². The molecule has 0 saturated heterocycles. The molecule has 3 N–H and O–H groups in total. The molecule has 0 bridgehead atoms. The zero-order valence-electron chi connectivity index (χ0n) is 68.2. The van der Waals surface area contributed by atoms with E-state index in [1.165, 1.54) is 64.2 Å². The largest absolute Gasteiger partial charge is 0.472 e. The lowest BCUT2D eigenvalue weighted by atomic mass is 10.0. The molecule has 0 aromatic rings. The maximum atomic E-state index is 13.1. The van der Waals surface area contributed by atoms with E-state index in [9.17, 15) is 43.2 Å². The Kier molecular flexibility index (Phi) is 77.1. The number of aliphatic hydroxyl groups excluding tert-OH is 1. The van der Waals surface area contributed by atoms with Crippen LogP contribution in [0.3, 0.4) is 0 Å². The van der Waals surface area contributed by atoms with Crippen molar-refractivity contribution in [2.75, 3.05) is 39.6 Å². The third kappa shape index (κ3) is 79.5. The average Bonchev–Trinajstić information content (AvgIpc) is 0.901. The summed E-state index contributed by atoms with van der Waals surface area (Å²) < 4.78 is 68.8. The van der Waals surface area contributed by atoms with Gasteiger partial charge in [-0.05, 0) is 128 Å². The van der Waals surface area contributed by atoms with Gasteiger partial charge >= 0.3 is 39.5 Å². The monoisotopic (exact) mass is 1560 g/mol. The number of unbranched alkanes of at least 4 members (excludes halogenated alkanes) is 34. The molecule has 5 atom stereocenters. The third-order valence-corrected chi connectivity index (χ3v) is 19.8. The van der Waals surface area contributed by atoms with E-state index in [0.717, 1.165) is 218 Å². The first-order chi connectivity index (χ1) is 52.7. The molecule has 0 amide bonds. The molecule has 17 nitrogen and oxygen atoms in total. The molecule has 0 fully saturated rings. The molecule has 0 aromatic heterocycles. The Morgan fingerprint density at radius 1 is 0.269 bits per heavy atom. The molecule has 0 aliphatic heterocycles. The number of allylic oxidation sites excluding steroid dienone is 20. The minimum absolute atomic E-state index is 0.0803. The molecular weight excluding hydrogens is 1400 g/mol. The zero-order chi connectivity index (χ0) is 78.9. The van der Waals surface area contributed by atoms with Crippen LogP contribution < -0.4 is 0 Å². The van der Waals surface area contributed by atoms with E-state index in [0.29, 0.717) is 25.7 Å². The number of hydrogen-bond acceptors (Lipinski definition) is 15. The van der Waals surface area contributed by atoms with Gasteiger partial charge in [0.1, 0.15) is 19.3 Å². The number of phosphoric ester groups is 2. The van der Waals surface area contributed by atoms with Gasteiger partial charge in [-0.1, -0.05) is 329 Å². The van der Waals surface area contributed by atoms with E-state index in [1.54, 1.807) is 0 Å². The van der Waals surface area contributed by atoms with Crippen LogP contribution in [0.4, 0.5) is 0 Å². The van der Waals surface area contributed by atoms with Crippen molar-refractivity contribution >= 4 is 39.5 Å². The fourth-order valence-electron chi connectivity index (χ4n) is 11.5. The lowest BCUT2D eigenvalue weighted by molar-refractivity contribution is -0.161. The second-order valence-corrected chi connectivity index (χ2v) is 31.2. The number of hydrogen-bond donors (Lipinski definition) is 3. The van der Waals surface area contributed by atoms with E-state index >= 15 is 0 Å². The van der Waals surface area contributed by atoms with Gasteiger partial charge in [-0.3, -0.25) is 37.3 Å². The van der Waals surface area contributed by atoms with Crippen molar-refractivity contribution < 1.29 is 80.2 Å². The van der Waals surface area contributed by atoms with Crippen LogP contribution in [0.15, 0.2) is 122 Å². The number of carbonyl (C=O) groups is 4. The first-order valence-corrected chi connectivity index (χ1v) is 45.8. The van der Waals surface area contributed by atoms with Crippen LogP contribution in [0.25, 0.3) is 0 Å². The summed E-state index contributed by atoms with van der Waals surface area (Å²) in [4.78, 5) is 73.3. The Balaban J connectivity index is 5.38. The second kappa shape index (κ2) is 80.5. The van der Waals surface area contributed by atoms with Gasteiger partial charge in [0, 0.05) is 25.7 Å². The van der Waals surface area contributed by atoms with Gasteiger partial charge in [0.25, 0.3) is 0 Å². The van der Waals surface area contributed by atoms with Crippen LogP contribution >= 0.6 is 15.6 Å². The molecule has 0 radical (unpaired) electrons. The fourth-order valence-corrected chi connectivity index (χ4v) is 13.1. The lowest BCUT2D eigenvalue weighted by Gasteiger charge is -2.21. The van der Waals surface area contributed by atoms with E-state index in [-0.39, 0.29) is 25.7 Å². The Hall–Kier alpha value is -4.54. The predicted octanol–water partition coefficient (Wildman–Crippen LogP) is 25.5. The molecule has 19 heteroatoms. The van der Waals surface area contributed by atoms with Crippen molar-refractivity contribution in [1.29, 1.82) is 0 Å². The number of phosphoric acid groups is 2. The van der Waals surface area contributed by atoms with Crippen LogP contribution in [0, 0.1) is 0 Å². The van der Waals surface area contributed by atoms with E-state index < -0.39 is 97.5 Å². The Labute approximate surface area is 657 Å². The summed E-state index contributed by atoms with van der Waals surface area (Å²) in [5.41, 5.74) is 0. The minimum Gasteiger partial charge on any atom is -0.462 e. The maximum Gasteiger partial charge on any atom is 0.472 e. The Bertz CT molecular complexity index is 2520. The lowest BCUT2D eigenvalue weighted by Crippen LogP contribution is -2.30. The standard InChI is InChI=1S/C89H154O17P2/c1-5-9-13-17-21-25-29-33-37-40-41-44-47-50-54-58-62-66-70-74-87(92)100-79-84(105-88(93)75-71-67-63-59-55-51-45-36-32-28-24-20-16-12-8-4)81-103-107(95,96)101-77-83(90)78-102-108(97,98)104-82-85(106-89(94)76-72-68-64-60-56-52-48-43-39-35-31-27-23-19-15-11-7-3)80-99-86(91)73-69-65-61-57-53-49-46-42-38-34-30-26-22-18-14-10-6-2/h9-11,13-15,21-23,25-27,33-35,37-39,41,44,83-85,90H,5-8,12,16-20,24,28-32,36,40,42-43,45-82H2,1-4H3,(H,95,96)(H,97,98)/b13-9-,14-10-,15-11-,25-21-,26-22-,27-23-,37-33-,38-34-,39-35-,44-41-. The van der Waals surface area contributed by atoms with Gasteiger partial charge in [0.05, 0.1) is 26.4 Å². The van der Waals surface area contributed by atoms with Crippen molar-refractivity contribution in [3.63, 3.8) is 0 Å². The van der Waals surface area contributed by atoms with Crippen molar-refractivity contribution in [1.82, 2.24) is 0 Å². The van der Waals surface area contributed by atoms with Crippen molar-refractivity contribution in [3.8, 4) is 0 Å². The second-order valence-electron chi connectivity index (χ2n) is 28.3. The van der Waals surface area contributed by atoms with E-state index in [1.807, 2.05) is 0 Å². The zero-order valence-corrected chi connectivity index (χ0v) is 70.0. The summed E-state index contributed by atoms with van der Waals surface area (Å²) >= 11 is 0. The maximum absolute atomic E-state index is 13.1. The van der Waals surface area contributed by atoms with Gasteiger partial charge in [-0.25, -0.2) is 9.13 Å². The van der Waals surface area contributed by atoms with Gasteiger partial charge in [-0.15, -0.1) is 0 Å². The normalized spacial score (nSPS) is 14.4. The molecule has 0 aliphatic rings. The molecule has 0 saturated carbocycles. The summed E-state index contributed by atoms with van der Waals surface area (Å²) in [7, 11) is -9.97. The SMILES string of the molecule is CC/C=C\C/C=C\C/C=C\C/C=C\CCCCCCCCC(=O)OCC(COP(=O)(O)OCC(O)COP(=O)(O)OCC(COC(=O)CCCCCCCCC/C=C\C/C=C\C/C=C\CC)OC(=O)CCCCCCCCC/C=C\C/C=C\C/C=C\CC)OC(=O)CCCCCCCCCCCCCCCCC. The van der Waals surface area contributed by atoms with Crippen LogP contribution in [0.5, 0.6) is 0 Å². The number of aliphatic hydroxyl groups is 1. The van der Waals surface area contributed by atoms with Crippen LogP contribution in [-0.4, -0.2) is 96.7 Å². The summed E-state index contributed by atoms with van der Waals surface area (Å²) in [6.07, 6.45) is 90.1. The molecule has 5 unspecified atom stereocenters. The van der Waals surface area contributed by atoms with Gasteiger partial charge < -0.3 is 33.8 Å². The molecular formula is C89H154O17P2. The molecule has 0 spiro atoms. The van der Waals surface area contributed by atoms with Crippen molar-refractivity contribution in [2.45, 2.75) is 380 Å². The predicted molar refractivity (Wildman–Crippen MR) is 445 cm³/mol. The first kappa shape index (κ1) is 103.